The minimum absolute atomic E-state index is 0.271. The van der Waals surface area contributed by atoms with Crippen molar-refractivity contribution in [1.82, 2.24) is 23.7 Å². The normalized spacial score (nSPS) is 14.3. The average molecular weight is 415 g/mol. The van der Waals surface area contributed by atoms with Gasteiger partial charge >= 0.3 is 5.69 Å². The van der Waals surface area contributed by atoms with Crippen LogP contribution >= 0.6 is 11.8 Å². The lowest BCUT2D eigenvalue weighted by Gasteiger charge is -2.29. The number of carbonyl (C=O) groups is 1. The van der Waals surface area contributed by atoms with Gasteiger partial charge in [0.25, 0.3) is 5.56 Å². The van der Waals surface area contributed by atoms with Crippen molar-refractivity contribution in [3.05, 3.63) is 45.5 Å². The van der Waals surface area contributed by atoms with E-state index in [-0.39, 0.29) is 11.2 Å². The number of aromatic nitrogens is 5. The van der Waals surface area contributed by atoms with Crippen LogP contribution in [0.5, 0.6) is 0 Å². The van der Waals surface area contributed by atoms with Gasteiger partial charge in [0.2, 0.25) is 5.91 Å². The standard InChI is InChI=1S/C18H21N7O3S/c1-22-11-20-16-14(22)17(27)25(18(28)23(16)2)10-13(26)21-12-4-3-5-19-15(12)24-6-8-29-9-7-24/h3-5,11H,6-10H2,1-2H3,(H,21,26). The summed E-state index contributed by atoms with van der Waals surface area (Å²) in [5.74, 6) is 2.23. The third kappa shape index (κ3) is 3.53. The Kier molecular flexibility index (Phi) is 5.14. The van der Waals surface area contributed by atoms with E-state index in [0.29, 0.717) is 11.5 Å². The van der Waals surface area contributed by atoms with Crippen molar-refractivity contribution in [2.75, 3.05) is 34.8 Å². The number of nitrogens with zero attached hydrogens (tertiary/aromatic N) is 6. The molecule has 1 aliphatic heterocycles. The van der Waals surface area contributed by atoms with Crippen LogP contribution in [0.25, 0.3) is 11.2 Å². The van der Waals surface area contributed by atoms with Gasteiger partial charge in [0.1, 0.15) is 6.54 Å². The molecule has 4 rings (SSSR count). The van der Waals surface area contributed by atoms with Crippen LogP contribution in [0.4, 0.5) is 11.5 Å². The van der Waals surface area contributed by atoms with Gasteiger partial charge in [-0.1, -0.05) is 0 Å². The summed E-state index contributed by atoms with van der Waals surface area (Å²) in [6, 6.07) is 3.51. The second-order valence-corrected chi connectivity index (χ2v) is 8.01. The summed E-state index contributed by atoms with van der Waals surface area (Å²) in [7, 11) is 3.20. The van der Waals surface area contributed by atoms with Crippen LogP contribution in [0.3, 0.4) is 0 Å². The summed E-state index contributed by atoms with van der Waals surface area (Å²) in [5.41, 5.74) is -0.00568. The van der Waals surface area contributed by atoms with Crippen molar-refractivity contribution < 1.29 is 4.79 Å². The molecule has 0 bridgehead atoms. The maximum atomic E-state index is 12.8. The van der Waals surface area contributed by atoms with Gasteiger partial charge in [0, 0.05) is 44.9 Å². The zero-order chi connectivity index (χ0) is 20.5. The zero-order valence-electron chi connectivity index (χ0n) is 16.2. The Morgan fingerprint density at radius 3 is 2.72 bits per heavy atom. The molecule has 1 aliphatic rings. The van der Waals surface area contributed by atoms with Crippen LogP contribution in [-0.4, -0.2) is 54.2 Å². The van der Waals surface area contributed by atoms with Gasteiger partial charge in [0.15, 0.2) is 17.0 Å². The Balaban J connectivity index is 1.63. The maximum absolute atomic E-state index is 12.8. The number of thioether (sulfide) groups is 1. The molecular formula is C18H21N7O3S. The van der Waals surface area contributed by atoms with Gasteiger partial charge in [-0.05, 0) is 12.1 Å². The van der Waals surface area contributed by atoms with E-state index in [4.69, 9.17) is 0 Å². The van der Waals surface area contributed by atoms with E-state index in [2.05, 4.69) is 20.2 Å². The van der Waals surface area contributed by atoms with Crippen LogP contribution < -0.4 is 21.5 Å². The van der Waals surface area contributed by atoms with Crippen LogP contribution in [0.15, 0.2) is 34.2 Å². The fourth-order valence-electron chi connectivity index (χ4n) is 3.39. The fourth-order valence-corrected chi connectivity index (χ4v) is 4.29. The molecule has 0 saturated carbocycles. The number of aryl methyl sites for hydroxylation is 2. The van der Waals surface area contributed by atoms with Crippen molar-refractivity contribution in [3.8, 4) is 0 Å². The first-order valence-electron chi connectivity index (χ1n) is 9.16. The Morgan fingerprint density at radius 2 is 1.97 bits per heavy atom. The molecule has 1 N–H and O–H groups in total. The van der Waals surface area contributed by atoms with Crippen molar-refractivity contribution in [2.24, 2.45) is 14.1 Å². The van der Waals surface area contributed by atoms with Gasteiger partial charge in [-0.3, -0.25) is 14.2 Å². The number of rotatable bonds is 4. The SMILES string of the molecule is Cn1cnc2c1c(=O)n(CC(=O)Nc1cccnc1N1CCSCC1)c(=O)n2C. The highest BCUT2D eigenvalue weighted by atomic mass is 32.2. The van der Waals surface area contributed by atoms with E-state index in [9.17, 15) is 14.4 Å². The minimum atomic E-state index is -0.587. The first-order valence-corrected chi connectivity index (χ1v) is 10.3. The first-order chi connectivity index (χ1) is 14.0. The van der Waals surface area contributed by atoms with E-state index >= 15 is 0 Å². The summed E-state index contributed by atoms with van der Waals surface area (Å²) in [6.45, 7) is 1.31. The Morgan fingerprint density at radius 1 is 1.21 bits per heavy atom. The first kappa shape index (κ1) is 19.2. The highest BCUT2D eigenvalue weighted by molar-refractivity contribution is 7.99. The molecule has 10 nitrogen and oxygen atoms in total. The average Bonchev–Trinajstić information content (AvgIpc) is 3.12. The molecule has 3 aromatic rings. The molecule has 152 valence electrons. The monoisotopic (exact) mass is 415 g/mol. The van der Waals surface area contributed by atoms with Crippen LogP contribution in [-0.2, 0) is 25.4 Å². The number of fused-ring (bicyclic) bond motifs is 1. The molecule has 3 aromatic heterocycles. The molecule has 29 heavy (non-hydrogen) atoms. The van der Waals surface area contributed by atoms with E-state index < -0.39 is 23.7 Å². The predicted molar refractivity (Wildman–Crippen MR) is 113 cm³/mol. The summed E-state index contributed by atoms with van der Waals surface area (Å²) in [5, 5.41) is 2.81. The molecule has 0 unspecified atom stereocenters. The van der Waals surface area contributed by atoms with Gasteiger partial charge in [-0.15, -0.1) is 0 Å². The predicted octanol–water partition coefficient (Wildman–Crippen LogP) is 0.0206. The molecule has 0 aliphatic carbocycles. The molecule has 0 radical (unpaired) electrons. The number of hydrogen-bond acceptors (Lipinski definition) is 7. The summed E-state index contributed by atoms with van der Waals surface area (Å²) in [6.07, 6.45) is 3.15. The Bertz CT molecular complexity index is 1190. The molecular weight excluding hydrogens is 394 g/mol. The third-order valence-electron chi connectivity index (χ3n) is 4.87. The van der Waals surface area contributed by atoms with Gasteiger partial charge < -0.3 is 14.8 Å². The van der Waals surface area contributed by atoms with Gasteiger partial charge in [-0.2, -0.15) is 11.8 Å². The van der Waals surface area contributed by atoms with Crippen molar-refractivity contribution in [3.63, 3.8) is 0 Å². The lowest BCUT2D eigenvalue weighted by Crippen LogP contribution is -2.42. The Hall–Kier alpha value is -3.08. The molecule has 4 heterocycles. The van der Waals surface area contributed by atoms with Crippen LogP contribution in [0, 0.1) is 0 Å². The van der Waals surface area contributed by atoms with Crippen LogP contribution in [0.1, 0.15) is 0 Å². The van der Waals surface area contributed by atoms with Gasteiger partial charge in [-0.25, -0.2) is 19.3 Å². The summed E-state index contributed by atoms with van der Waals surface area (Å²) < 4.78 is 3.73. The van der Waals surface area contributed by atoms with Gasteiger partial charge in [0.05, 0.1) is 12.0 Å². The van der Waals surface area contributed by atoms with Crippen molar-refractivity contribution in [1.29, 1.82) is 0 Å². The quantitative estimate of drug-likeness (QED) is 0.640. The largest absolute Gasteiger partial charge is 0.353 e. The molecule has 1 fully saturated rings. The number of hydrogen-bond donors (Lipinski definition) is 1. The fraction of sp³-hybridized carbons (Fsp3) is 0.389. The maximum Gasteiger partial charge on any atom is 0.332 e. The van der Waals surface area contributed by atoms with E-state index in [1.54, 1.807) is 29.9 Å². The molecule has 0 atom stereocenters. The highest BCUT2D eigenvalue weighted by Gasteiger charge is 2.20. The van der Waals surface area contributed by atoms with E-state index in [1.165, 1.54) is 17.9 Å². The van der Waals surface area contributed by atoms with Crippen molar-refractivity contribution >= 4 is 40.3 Å². The van der Waals surface area contributed by atoms with E-state index in [0.717, 1.165) is 29.2 Å². The molecule has 1 saturated heterocycles. The smallest absolute Gasteiger partial charge is 0.332 e. The third-order valence-corrected chi connectivity index (χ3v) is 5.82. The molecule has 0 spiro atoms. The number of amides is 1. The minimum Gasteiger partial charge on any atom is -0.353 e. The zero-order valence-corrected chi connectivity index (χ0v) is 17.0. The number of anilines is 2. The lowest BCUT2D eigenvalue weighted by atomic mass is 10.3. The highest BCUT2D eigenvalue weighted by Crippen LogP contribution is 2.25. The molecule has 11 heteroatoms. The van der Waals surface area contributed by atoms with Crippen LogP contribution in [0.2, 0.25) is 0 Å². The molecule has 1 amide bonds. The lowest BCUT2D eigenvalue weighted by molar-refractivity contribution is -0.116. The second kappa shape index (κ2) is 7.74. The number of imidazole rings is 1. The Labute approximate surface area is 170 Å². The van der Waals surface area contributed by atoms with Crippen molar-refractivity contribution in [2.45, 2.75) is 6.54 Å². The number of carbonyl (C=O) groups excluding carboxylic acids is 1. The number of nitrogens with one attached hydrogen (secondary N) is 1. The topological polar surface area (TPSA) is 107 Å². The molecule has 0 aromatic carbocycles. The summed E-state index contributed by atoms with van der Waals surface area (Å²) >= 11 is 1.88. The van der Waals surface area contributed by atoms with E-state index in [1.807, 2.05) is 11.8 Å². The summed E-state index contributed by atoms with van der Waals surface area (Å²) in [4.78, 5) is 48.7. The number of pyridine rings is 1. The second-order valence-electron chi connectivity index (χ2n) is 6.78.